The molecule has 2 rings (SSSR count). The number of nitrogens with two attached hydrogens (primary N) is 1. The monoisotopic (exact) mass is 274 g/mol. The fourth-order valence-electron chi connectivity index (χ4n) is 3.03. The van der Waals surface area contributed by atoms with Gasteiger partial charge in [0.05, 0.1) is 5.56 Å². The smallest absolute Gasteiger partial charge is 0.255 e. The molecule has 1 heterocycles. The van der Waals surface area contributed by atoms with Crippen molar-refractivity contribution in [1.82, 2.24) is 4.90 Å². The fourth-order valence-corrected chi connectivity index (χ4v) is 3.03. The van der Waals surface area contributed by atoms with E-state index < -0.39 is 0 Å². The van der Waals surface area contributed by atoms with E-state index in [9.17, 15) is 4.79 Å². The summed E-state index contributed by atoms with van der Waals surface area (Å²) in [5.74, 6) is 1.53. The molecular weight excluding hydrogens is 248 g/mol. The Morgan fingerprint density at radius 2 is 2.05 bits per heavy atom. The molecule has 1 aromatic rings. The maximum absolute atomic E-state index is 12.6. The number of carbonyl (C=O) groups is 1. The molecule has 1 aliphatic rings. The first-order chi connectivity index (χ1) is 9.50. The molecule has 20 heavy (non-hydrogen) atoms. The highest BCUT2D eigenvalue weighted by molar-refractivity contribution is 5.99. The Labute approximate surface area is 122 Å². The summed E-state index contributed by atoms with van der Waals surface area (Å²) in [5.41, 5.74) is 8.32. The van der Waals surface area contributed by atoms with E-state index in [4.69, 9.17) is 5.73 Å². The summed E-state index contributed by atoms with van der Waals surface area (Å²) in [6.07, 6.45) is 3.43. The van der Waals surface area contributed by atoms with Gasteiger partial charge in [0, 0.05) is 18.8 Å². The molecule has 3 nitrogen and oxygen atoms in total. The number of aryl methyl sites for hydroxylation is 1. The van der Waals surface area contributed by atoms with Crippen molar-refractivity contribution in [3.63, 3.8) is 0 Å². The molecule has 0 aliphatic carbocycles. The van der Waals surface area contributed by atoms with Crippen molar-refractivity contribution in [2.24, 2.45) is 11.8 Å². The van der Waals surface area contributed by atoms with E-state index in [1.54, 1.807) is 0 Å². The van der Waals surface area contributed by atoms with Gasteiger partial charge in [0.2, 0.25) is 0 Å². The molecule has 1 aliphatic heterocycles. The lowest BCUT2D eigenvalue weighted by molar-refractivity contribution is 0.0760. The molecule has 1 unspecified atom stereocenters. The maximum atomic E-state index is 12.6. The summed E-state index contributed by atoms with van der Waals surface area (Å²) < 4.78 is 0. The van der Waals surface area contributed by atoms with Crippen LogP contribution in [0.25, 0.3) is 0 Å². The molecule has 0 spiro atoms. The summed E-state index contributed by atoms with van der Waals surface area (Å²) in [4.78, 5) is 14.6. The quantitative estimate of drug-likeness (QED) is 0.839. The molecule has 0 saturated carbocycles. The van der Waals surface area contributed by atoms with Gasteiger partial charge in [-0.1, -0.05) is 26.0 Å². The second-order valence-corrected chi connectivity index (χ2v) is 6.26. The van der Waals surface area contributed by atoms with Crippen molar-refractivity contribution in [3.8, 4) is 0 Å². The van der Waals surface area contributed by atoms with Crippen molar-refractivity contribution in [3.05, 3.63) is 29.3 Å². The number of benzene rings is 1. The fraction of sp³-hybridized carbons (Fsp3) is 0.588. The number of nitrogens with zero attached hydrogens (tertiary/aromatic N) is 1. The van der Waals surface area contributed by atoms with Crippen LogP contribution in [0.2, 0.25) is 0 Å². The van der Waals surface area contributed by atoms with Crippen LogP contribution >= 0.6 is 0 Å². The predicted octanol–water partition coefficient (Wildman–Crippen LogP) is 3.48. The van der Waals surface area contributed by atoms with Gasteiger partial charge in [-0.05, 0) is 49.7 Å². The van der Waals surface area contributed by atoms with Gasteiger partial charge < -0.3 is 10.6 Å². The Balaban J connectivity index is 2.11. The summed E-state index contributed by atoms with van der Waals surface area (Å²) in [7, 11) is 0. The zero-order valence-corrected chi connectivity index (χ0v) is 12.9. The highest BCUT2D eigenvalue weighted by Gasteiger charge is 2.24. The third-order valence-corrected chi connectivity index (χ3v) is 4.56. The molecule has 110 valence electrons. The van der Waals surface area contributed by atoms with E-state index in [1.807, 2.05) is 30.0 Å². The van der Waals surface area contributed by atoms with Crippen LogP contribution in [0.4, 0.5) is 5.69 Å². The first-order valence-electron chi connectivity index (χ1n) is 7.65. The standard InChI is InChI=1S/C17H26N2O/c1-12(2)14-7-5-10-19(11-9-14)17(20)15-8-4-6-13(3)16(15)18/h4,6,8,12,14H,5,7,9-11,18H2,1-3H3. The molecule has 2 N–H and O–H groups in total. The van der Waals surface area contributed by atoms with Crippen LogP contribution < -0.4 is 5.73 Å². The third-order valence-electron chi connectivity index (χ3n) is 4.56. The van der Waals surface area contributed by atoms with Gasteiger partial charge in [0.25, 0.3) is 5.91 Å². The van der Waals surface area contributed by atoms with Gasteiger partial charge in [-0.25, -0.2) is 0 Å². The van der Waals surface area contributed by atoms with Crippen LogP contribution in [0.3, 0.4) is 0 Å². The molecule has 3 heteroatoms. The topological polar surface area (TPSA) is 46.3 Å². The lowest BCUT2D eigenvalue weighted by atomic mass is 9.89. The third kappa shape index (κ3) is 3.14. The summed E-state index contributed by atoms with van der Waals surface area (Å²) >= 11 is 0. The normalized spacial score (nSPS) is 20.0. The number of nitrogen functional groups attached to an aromatic ring is 1. The Hall–Kier alpha value is -1.51. The maximum Gasteiger partial charge on any atom is 0.255 e. The van der Waals surface area contributed by atoms with E-state index >= 15 is 0 Å². The number of amides is 1. The molecule has 1 amide bonds. The minimum Gasteiger partial charge on any atom is -0.398 e. The molecule has 1 saturated heterocycles. The van der Waals surface area contributed by atoms with Crippen molar-refractivity contribution >= 4 is 11.6 Å². The highest BCUT2D eigenvalue weighted by atomic mass is 16.2. The van der Waals surface area contributed by atoms with Gasteiger partial charge in [-0.15, -0.1) is 0 Å². The number of hydrogen-bond acceptors (Lipinski definition) is 2. The second-order valence-electron chi connectivity index (χ2n) is 6.26. The predicted molar refractivity (Wildman–Crippen MR) is 83.7 cm³/mol. The first kappa shape index (κ1) is 14.9. The van der Waals surface area contributed by atoms with Gasteiger partial charge in [-0.3, -0.25) is 4.79 Å². The number of hydrogen-bond donors (Lipinski definition) is 1. The molecule has 0 aromatic heterocycles. The van der Waals surface area contributed by atoms with Crippen LogP contribution in [-0.2, 0) is 0 Å². The lowest BCUT2D eigenvalue weighted by Crippen LogP contribution is -2.32. The minimum absolute atomic E-state index is 0.0932. The summed E-state index contributed by atoms with van der Waals surface area (Å²) in [6, 6.07) is 5.70. The van der Waals surface area contributed by atoms with Crippen LogP contribution in [0.15, 0.2) is 18.2 Å². The van der Waals surface area contributed by atoms with E-state index in [-0.39, 0.29) is 5.91 Å². The SMILES string of the molecule is Cc1cccc(C(=O)N2CCCC(C(C)C)CC2)c1N. The van der Waals surface area contributed by atoms with Crippen molar-refractivity contribution in [2.45, 2.75) is 40.0 Å². The Bertz CT molecular complexity index is 482. The molecule has 1 fully saturated rings. The molecule has 0 radical (unpaired) electrons. The van der Waals surface area contributed by atoms with Crippen molar-refractivity contribution in [2.75, 3.05) is 18.8 Å². The van der Waals surface area contributed by atoms with E-state index in [0.717, 1.165) is 37.4 Å². The first-order valence-corrected chi connectivity index (χ1v) is 7.65. The van der Waals surface area contributed by atoms with Crippen molar-refractivity contribution in [1.29, 1.82) is 0 Å². The van der Waals surface area contributed by atoms with Crippen LogP contribution in [0.1, 0.15) is 49.0 Å². The highest BCUT2D eigenvalue weighted by Crippen LogP contribution is 2.26. The zero-order valence-electron chi connectivity index (χ0n) is 12.9. The summed E-state index contributed by atoms with van der Waals surface area (Å²) in [5, 5.41) is 0. The van der Waals surface area contributed by atoms with E-state index in [1.165, 1.54) is 6.42 Å². The average molecular weight is 274 g/mol. The van der Waals surface area contributed by atoms with Gasteiger partial charge in [-0.2, -0.15) is 0 Å². The molecular formula is C17H26N2O. The number of likely N-dealkylation sites (tertiary alicyclic amines) is 1. The van der Waals surface area contributed by atoms with Gasteiger partial charge in [0.1, 0.15) is 0 Å². The summed E-state index contributed by atoms with van der Waals surface area (Å²) in [6.45, 7) is 8.22. The number of carbonyl (C=O) groups excluding carboxylic acids is 1. The van der Waals surface area contributed by atoms with Crippen LogP contribution in [0.5, 0.6) is 0 Å². The average Bonchev–Trinajstić information content (AvgIpc) is 2.67. The van der Waals surface area contributed by atoms with Crippen molar-refractivity contribution < 1.29 is 4.79 Å². The largest absolute Gasteiger partial charge is 0.398 e. The second kappa shape index (κ2) is 6.29. The minimum atomic E-state index is 0.0932. The Morgan fingerprint density at radius 1 is 1.30 bits per heavy atom. The molecule has 1 aromatic carbocycles. The van der Waals surface area contributed by atoms with Crippen LogP contribution in [-0.4, -0.2) is 23.9 Å². The lowest BCUT2D eigenvalue weighted by Gasteiger charge is -2.22. The number of anilines is 1. The Morgan fingerprint density at radius 3 is 2.75 bits per heavy atom. The van der Waals surface area contributed by atoms with E-state index in [2.05, 4.69) is 13.8 Å². The van der Waals surface area contributed by atoms with Gasteiger partial charge in [0.15, 0.2) is 0 Å². The number of para-hydroxylation sites is 1. The zero-order chi connectivity index (χ0) is 14.7. The Kier molecular flexibility index (Phi) is 4.69. The van der Waals surface area contributed by atoms with E-state index in [0.29, 0.717) is 17.2 Å². The van der Waals surface area contributed by atoms with Crippen LogP contribution in [0, 0.1) is 18.8 Å². The number of rotatable bonds is 2. The molecule has 1 atom stereocenters. The molecule has 0 bridgehead atoms. The van der Waals surface area contributed by atoms with Gasteiger partial charge >= 0.3 is 0 Å².